The number of amides is 2. The number of thiophene rings is 1. The van der Waals surface area contributed by atoms with E-state index in [-0.39, 0.29) is 24.3 Å². The van der Waals surface area contributed by atoms with Crippen molar-refractivity contribution in [3.05, 3.63) is 46.9 Å². The first-order valence-corrected chi connectivity index (χ1v) is 8.27. The van der Waals surface area contributed by atoms with E-state index in [9.17, 15) is 14.0 Å². The van der Waals surface area contributed by atoms with E-state index in [0.717, 1.165) is 19.0 Å². The number of carbonyl (C=O) groups is 2. The molecule has 0 aliphatic heterocycles. The second kappa shape index (κ2) is 6.87. The maximum Gasteiger partial charge on any atom is 0.254 e. The standard InChI is InChI=1S/C16H16FN3O2S/c17-11-7-10(8-18-9-11)1-4-14(21)20-16-13(5-6-23-16)15(22)19-12-2-3-12/h5-9,12H,1-4H2,(H,19,22)(H,20,21). The lowest BCUT2D eigenvalue weighted by Crippen LogP contribution is -2.26. The van der Waals surface area contributed by atoms with Crippen molar-refractivity contribution in [3.63, 3.8) is 0 Å². The Balaban J connectivity index is 1.55. The third kappa shape index (κ3) is 4.35. The van der Waals surface area contributed by atoms with Crippen molar-refractivity contribution in [2.45, 2.75) is 31.7 Å². The number of aryl methyl sites for hydroxylation is 1. The average molecular weight is 333 g/mol. The van der Waals surface area contributed by atoms with Crippen LogP contribution in [0.15, 0.2) is 29.9 Å². The number of nitrogens with one attached hydrogen (secondary N) is 2. The first kappa shape index (κ1) is 15.6. The molecule has 2 aromatic heterocycles. The highest BCUT2D eigenvalue weighted by Gasteiger charge is 2.25. The molecule has 120 valence electrons. The summed E-state index contributed by atoms with van der Waals surface area (Å²) in [6.07, 6.45) is 5.28. The number of nitrogens with zero attached hydrogens (tertiary/aromatic N) is 1. The molecule has 1 saturated carbocycles. The fourth-order valence-corrected chi connectivity index (χ4v) is 2.92. The molecule has 2 heterocycles. The second-order valence-corrected chi connectivity index (χ2v) is 6.39. The van der Waals surface area contributed by atoms with Crippen LogP contribution < -0.4 is 10.6 Å². The molecule has 5 nitrogen and oxygen atoms in total. The zero-order valence-corrected chi connectivity index (χ0v) is 13.2. The maximum atomic E-state index is 13.0. The number of pyridine rings is 1. The Morgan fingerprint density at radius 3 is 2.91 bits per heavy atom. The van der Waals surface area contributed by atoms with E-state index in [4.69, 9.17) is 0 Å². The summed E-state index contributed by atoms with van der Waals surface area (Å²) in [5, 5.41) is 7.97. The van der Waals surface area contributed by atoms with Gasteiger partial charge in [-0.3, -0.25) is 14.6 Å². The average Bonchev–Trinajstić information content (AvgIpc) is 3.21. The minimum atomic E-state index is -0.416. The van der Waals surface area contributed by atoms with Crippen molar-refractivity contribution in [2.24, 2.45) is 0 Å². The highest BCUT2D eigenvalue weighted by atomic mass is 32.1. The van der Waals surface area contributed by atoms with Gasteiger partial charge in [-0.2, -0.15) is 0 Å². The number of hydrogen-bond donors (Lipinski definition) is 2. The largest absolute Gasteiger partial charge is 0.349 e. The van der Waals surface area contributed by atoms with Crippen LogP contribution >= 0.6 is 11.3 Å². The summed E-state index contributed by atoms with van der Waals surface area (Å²) in [7, 11) is 0. The van der Waals surface area contributed by atoms with Crippen LogP contribution in [0.1, 0.15) is 35.2 Å². The Morgan fingerprint density at radius 2 is 2.17 bits per heavy atom. The van der Waals surface area contributed by atoms with Crippen LogP contribution in [0.3, 0.4) is 0 Å². The fraction of sp³-hybridized carbons (Fsp3) is 0.312. The summed E-state index contributed by atoms with van der Waals surface area (Å²) >= 11 is 1.31. The Bertz CT molecular complexity index is 728. The quantitative estimate of drug-likeness (QED) is 0.854. The van der Waals surface area contributed by atoms with Crippen LogP contribution in [0, 0.1) is 5.82 Å². The van der Waals surface area contributed by atoms with Crippen molar-refractivity contribution < 1.29 is 14.0 Å². The summed E-state index contributed by atoms with van der Waals surface area (Å²) in [4.78, 5) is 27.8. The van der Waals surface area contributed by atoms with Crippen molar-refractivity contribution in [3.8, 4) is 0 Å². The molecular weight excluding hydrogens is 317 g/mol. The molecule has 0 aromatic carbocycles. The highest BCUT2D eigenvalue weighted by molar-refractivity contribution is 7.14. The Labute approximate surface area is 136 Å². The smallest absolute Gasteiger partial charge is 0.254 e. The lowest BCUT2D eigenvalue weighted by Gasteiger charge is -2.07. The van der Waals surface area contributed by atoms with Gasteiger partial charge in [0.25, 0.3) is 5.91 Å². The molecule has 0 atom stereocenters. The minimum Gasteiger partial charge on any atom is -0.349 e. The number of rotatable bonds is 6. The zero-order valence-electron chi connectivity index (χ0n) is 12.3. The van der Waals surface area contributed by atoms with Gasteiger partial charge in [0.1, 0.15) is 10.8 Å². The van der Waals surface area contributed by atoms with Gasteiger partial charge in [0.15, 0.2) is 0 Å². The van der Waals surface area contributed by atoms with E-state index >= 15 is 0 Å². The van der Waals surface area contributed by atoms with Crippen LogP contribution in [-0.2, 0) is 11.2 Å². The summed E-state index contributed by atoms with van der Waals surface area (Å²) < 4.78 is 13.0. The summed E-state index contributed by atoms with van der Waals surface area (Å²) in [6, 6.07) is 3.33. The molecule has 2 N–H and O–H groups in total. The van der Waals surface area contributed by atoms with Crippen molar-refractivity contribution >= 4 is 28.2 Å². The molecule has 2 aromatic rings. The molecule has 1 fully saturated rings. The summed E-state index contributed by atoms with van der Waals surface area (Å²) in [5.41, 5.74) is 1.15. The predicted molar refractivity (Wildman–Crippen MR) is 86.0 cm³/mol. The molecule has 1 aliphatic carbocycles. The van der Waals surface area contributed by atoms with Crippen molar-refractivity contribution in [1.82, 2.24) is 10.3 Å². The molecule has 23 heavy (non-hydrogen) atoms. The zero-order chi connectivity index (χ0) is 16.2. The minimum absolute atomic E-state index is 0.154. The second-order valence-electron chi connectivity index (χ2n) is 5.47. The number of anilines is 1. The molecule has 0 unspecified atom stereocenters. The van der Waals surface area contributed by atoms with Crippen LogP contribution in [0.25, 0.3) is 0 Å². The molecule has 0 bridgehead atoms. The van der Waals surface area contributed by atoms with E-state index in [0.29, 0.717) is 22.5 Å². The molecule has 1 aliphatic rings. The number of aromatic nitrogens is 1. The summed E-state index contributed by atoms with van der Waals surface area (Å²) in [5.74, 6) is -0.782. The van der Waals surface area contributed by atoms with Crippen molar-refractivity contribution in [2.75, 3.05) is 5.32 Å². The topological polar surface area (TPSA) is 71.1 Å². The molecule has 0 spiro atoms. The first-order chi connectivity index (χ1) is 11.1. The molecule has 0 saturated heterocycles. The number of halogens is 1. The molecule has 3 rings (SSSR count). The highest BCUT2D eigenvalue weighted by Crippen LogP contribution is 2.25. The van der Waals surface area contributed by atoms with Gasteiger partial charge in [0, 0.05) is 18.7 Å². The SMILES string of the molecule is O=C(CCc1cncc(F)c1)Nc1sccc1C(=O)NC1CC1. The third-order valence-corrected chi connectivity index (χ3v) is 4.31. The third-order valence-electron chi connectivity index (χ3n) is 3.48. The van der Waals surface area contributed by atoms with E-state index < -0.39 is 5.82 Å². The molecular formula is C16H16FN3O2S. The molecule has 2 amide bonds. The van der Waals surface area contributed by atoms with Gasteiger partial charge in [0.05, 0.1) is 11.8 Å². The van der Waals surface area contributed by atoms with Crippen LogP contribution in [0.4, 0.5) is 9.39 Å². The van der Waals surface area contributed by atoms with Gasteiger partial charge in [0.2, 0.25) is 5.91 Å². The monoisotopic (exact) mass is 333 g/mol. The molecule has 0 radical (unpaired) electrons. The number of hydrogen-bond acceptors (Lipinski definition) is 4. The van der Waals surface area contributed by atoms with E-state index in [1.807, 2.05) is 0 Å². The van der Waals surface area contributed by atoms with Crippen LogP contribution in [0.2, 0.25) is 0 Å². The summed E-state index contributed by atoms with van der Waals surface area (Å²) in [6.45, 7) is 0. The van der Waals surface area contributed by atoms with Gasteiger partial charge in [-0.15, -0.1) is 11.3 Å². The van der Waals surface area contributed by atoms with Gasteiger partial charge in [-0.25, -0.2) is 4.39 Å². The predicted octanol–water partition coefficient (Wildman–Crippen LogP) is 2.75. The van der Waals surface area contributed by atoms with Gasteiger partial charge in [-0.05, 0) is 42.3 Å². The fourth-order valence-electron chi connectivity index (χ4n) is 2.12. The van der Waals surface area contributed by atoms with E-state index in [1.165, 1.54) is 23.6 Å². The van der Waals surface area contributed by atoms with Gasteiger partial charge < -0.3 is 10.6 Å². The van der Waals surface area contributed by atoms with E-state index in [2.05, 4.69) is 15.6 Å². The number of carbonyl (C=O) groups excluding carboxylic acids is 2. The lowest BCUT2D eigenvalue weighted by atomic mass is 10.1. The Kier molecular flexibility index (Phi) is 4.66. The Morgan fingerprint density at radius 1 is 1.35 bits per heavy atom. The van der Waals surface area contributed by atoms with E-state index in [1.54, 1.807) is 11.4 Å². The maximum absolute atomic E-state index is 13.0. The first-order valence-electron chi connectivity index (χ1n) is 7.39. The van der Waals surface area contributed by atoms with Gasteiger partial charge >= 0.3 is 0 Å². The van der Waals surface area contributed by atoms with Crippen LogP contribution in [0.5, 0.6) is 0 Å². The van der Waals surface area contributed by atoms with Crippen molar-refractivity contribution in [1.29, 1.82) is 0 Å². The Hall–Kier alpha value is -2.28. The molecule has 7 heteroatoms. The lowest BCUT2D eigenvalue weighted by molar-refractivity contribution is -0.116. The normalized spacial score (nSPS) is 13.6. The van der Waals surface area contributed by atoms with Gasteiger partial charge in [-0.1, -0.05) is 0 Å². The van der Waals surface area contributed by atoms with Crippen LogP contribution in [-0.4, -0.2) is 22.8 Å².